The summed E-state index contributed by atoms with van der Waals surface area (Å²) >= 11 is 5.81. The average molecular weight is 307 g/mol. The van der Waals surface area contributed by atoms with Gasteiger partial charge in [0.2, 0.25) is 10.0 Å². The summed E-state index contributed by atoms with van der Waals surface area (Å²) in [5.74, 6) is 0. The van der Waals surface area contributed by atoms with Crippen LogP contribution in [0.4, 0.5) is 5.69 Å². The Kier molecular flexibility index (Phi) is 6.06. The van der Waals surface area contributed by atoms with E-state index >= 15 is 0 Å². The minimum absolute atomic E-state index is 0.0321. The van der Waals surface area contributed by atoms with E-state index in [0.717, 1.165) is 6.42 Å². The third kappa shape index (κ3) is 4.35. The van der Waals surface area contributed by atoms with Crippen LogP contribution in [0, 0.1) is 0 Å². The van der Waals surface area contributed by atoms with Crippen LogP contribution in [0.3, 0.4) is 0 Å². The highest BCUT2D eigenvalue weighted by Crippen LogP contribution is 2.25. The van der Waals surface area contributed by atoms with Crippen molar-refractivity contribution in [3.05, 3.63) is 23.2 Å². The quantitative estimate of drug-likeness (QED) is 0.593. The Balaban J connectivity index is 2.82. The van der Waals surface area contributed by atoms with Gasteiger partial charge in [-0.3, -0.25) is 0 Å². The predicted molar refractivity (Wildman–Crippen MR) is 76.6 cm³/mol. The van der Waals surface area contributed by atoms with Crippen LogP contribution in [0.1, 0.15) is 19.3 Å². The van der Waals surface area contributed by atoms with Crippen molar-refractivity contribution in [3.8, 4) is 0 Å². The normalized spacial score (nSPS) is 12.0. The molecule has 0 heterocycles. The number of aliphatic hydroxyl groups is 1. The monoisotopic (exact) mass is 306 g/mol. The lowest BCUT2D eigenvalue weighted by atomic mass is 10.2. The van der Waals surface area contributed by atoms with E-state index in [9.17, 15) is 8.42 Å². The minimum atomic E-state index is -3.62. The SMILES string of the molecule is CN(CCCCCO)S(=O)(=O)c1cc(Cl)ccc1N. The van der Waals surface area contributed by atoms with Crippen LogP contribution in [0.5, 0.6) is 0 Å². The van der Waals surface area contributed by atoms with Gasteiger partial charge in [0.05, 0.1) is 5.69 Å². The molecule has 1 aromatic rings. The zero-order valence-corrected chi connectivity index (χ0v) is 12.4. The first-order valence-electron chi connectivity index (χ1n) is 6.02. The van der Waals surface area contributed by atoms with Gasteiger partial charge in [-0.05, 0) is 37.5 Å². The van der Waals surface area contributed by atoms with Crippen molar-refractivity contribution in [2.24, 2.45) is 0 Å². The van der Waals surface area contributed by atoms with Gasteiger partial charge in [-0.15, -0.1) is 0 Å². The van der Waals surface area contributed by atoms with Crippen molar-refractivity contribution in [2.75, 3.05) is 25.9 Å². The van der Waals surface area contributed by atoms with Crippen LogP contribution < -0.4 is 5.73 Å². The van der Waals surface area contributed by atoms with Crippen molar-refractivity contribution in [1.29, 1.82) is 0 Å². The lowest BCUT2D eigenvalue weighted by Crippen LogP contribution is -2.28. The lowest BCUT2D eigenvalue weighted by molar-refractivity contribution is 0.281. The van der Waals surface area contributed by atoms with E-state index in [0.29, 0.717) is 24.4 Å². The number of rotatable bonds is 7. The van der Waals surface area contributed by atoms with E-state index in [1.165, 1.54) is 23.5 Å². The maximum atomic E-state index is 12.3. The number of hydrogen-bond acceptors (Lipinski definition) is 4. The molecule has 0 atom stereocenters. The molecule has 5 nitrogen and oxygen atoms in total. The van der Waals surface area contributed by atoms with Crippen molar-refractivity contribution in [1.82, 2.24) is 4.31 Å². The fourth-order valence-corrected chi connectivity index (χ4v) is 3.23. The molecule has 0 amide bonds. The molecule has 7 heteroatoms. The minimum Gasteiger partial charge on any atom is -0.398 e. The van der Waals surface area contributed by atoms with Gasteiger partial charge in [0.25, 0.3) is 0 Å². The van der Waals surface area contributed by atoms with E-state index in [1.807, 2.05) is 0 Å². The highest BCUT2D eigenvalue weighted by atomic mass is 35.5. The Morgan fingerprint density at radius 2 is 2.00 bits per heavy atom. The number of aliphatic hydroxyl groups excluding tert-OH is 1. The van der Waals surface area contributed by atoms with E-state index in [4.69, 9.17) is 22.4 Å². The number of anilines is 1. The molecule has 1 rings (SSSR count). The number of nitrogen functional groups attached to an aromatic ring is 1. The van der Waals surface area contributed by atoms with Gasteiger partial charge in [-0.1, -0.05) is 11.6 Å². The van der Waals surface area contributed by atoms with E-state index in [2.05, 4.69) is 0 Å². The summed E-state index contributed by atoms with van der Waals surface area (Å²) in [4.78, 5) is 0.0321. The molecular formula is C12H19ClN2O3S. The van der Waals surface area contributed by atoms with Crippen LogP contribution in [-0.4, -0.2) is 38.0 Å². The van der Waals surface area contributed by atoms with Gasteiger partial charge in [-0.25, -0.2) is 12.7 Å². The van der Waals surface area contributed by atoms with Crippen molar-refractivity contribution >= 4 is 27.3 Å². The summed E-state index contributed by atoms with van der Waals surface area (Å²) < 4.78 is 25.9. The summed E-state index contributed by atoms with van der Waals surface area (Å²) in [6, 6.07) is 4.39. The smallest absolute Gasteiger partial charge is 0.244 e. The largest absolute Gasteiger partial charge is 0.398 e. The van der Waals surface area contributed by atoms with Gasteiger partial charge in [0, 0.05) is 25.2 Å². The number of unbranched alkanes of at least 4 members (excludes halogenated alkanes) is 2. The van der Waals surface area contributed by atoms with Crippen molar-refractivity contribution in [3.63, 3.8) is 0 Å². The van der Waals surface area contributed by atoms with Crippen molar-refractivity contribution in [2.45, 2.75) is 24.2 Å². The topological polar surface area (TPSA) is 83.6 Å². The van der Waals surface area contributed by atoms with Gasteiger partial charge >= 0.3 is 0 Å². The predicted octanol–water partition coefficient (Wildman–Crippen LogP) is 1.71. The Morgan fingerprint density at radius 3 is 2.63 bits per heavy atom. The first-order chi connectivity index (χ1) is 8.89. The van der Waals surface area contributed by atoms with E-state index < -0.39 is 10.0 Å². The summed E-state index contributed by atoms with van der Waals surface area (Å²) in [5.41, 5.74) is 5.88. The van der Waals surface area contributed by atoms with Crippen LogP contribution in [-0.2, 0) is 10.0 Å². The fraction of sp³-hybridized carbons (Fsp3) is 0.500. The standard InChI is InChI=1S/C12H19ClN2O3S/c1-15(7-3-2-4-8-16)19(17,18)12-9-10(13)5-6-11(12)14/h5-6,9,16H,2-4,7-8,14H2,1H3. The average Bonchev–Trinajstić information content (AvgIpc) is 2.37. The molecule has 0 aliphatic rings. The van der Waals surface area contributed by atoms with Gasteiger partial charge in [0.1, 0.15) is 4.90 Å². The number of nitrogens with zero attached hydrogens (tertiary/aromatic N) is 1. The summed E-state index contributed by atoms with van der Waals surface area (Å²) in [6.45, 7) is 0.506. The summed E-state index contributed by atoms with van der Waals surface area (Å²) in [6.07, 6.45) is 2.14. The zero-order chi connectivity index (χ0) is 14.5. The summed E-state index contributed by atoms with van der Waals surface area (Å²) in [7, 11) is -2.11. The second kappa shape index (κ2) is 7.09. The Bertz CT molecular complexity index is 520. The fourth-order valence-electron chi connectivity index (χ4n) is 1.64. The molecule has 0 unspecified atom stereocenters. The molecule has 0 saturated heterocycles. The van der Waals surface area contributed by atoms with Gasteiger partial charge in [0.15, 0.2) is 0 Å². The molecule has 1 aromatic carbocycles. The number of sulfonamides is 1. The Hall–Kier alpha value is -0.820. The molecule has 0 fully saturated rings. The Labute approximate surface area is 119 Å². The third-order valence-corrected chi connectivity index (χ3v) is 4.94. The highest BCUT2D eigenvalue weighted by molar-refractivity contribution is 7.89. The third-order valence-electron chi connectivity index (χ3n) is 2.79. The molecule has 108 valence electrons. The molecular weight excluding hydrogens is 288 g/mol. The maximum Gasteiger partial charge on any atom is 0.244 e. The first kappa shape index (κ1) is 16.2. The van der Waals surface area contributed by atoms with Crippen molar-refractivity contribution < 1.29 is 13.5 Å². The molecule has 0 aliphatic carbocycles. The molecule has 0 bridgehead atoms. The van der Waals surface area contributed by atoms with Crippen LogP contribution >= 0.6 is 11.6 Å². The highest BCUT2D eigenvalue weighted by Gasteiger charge is 2.23. The Morgan fingerprint density at radius 1 is 1.32 bits per heavy atom. The maximum absolute atomic E-state index is 12.3. The van der Waals surface area contributed by atoms with E-state index in [1.54, 1.807) is 6.07 Å². The number of hydrogen-bond donors (Lipinski definition) is 2. The van der Waals surface area contributed by atoms with Crippen LogP contribution in [0.25, 0.3) is 0 Å². The number of nitrogens with two attached hydrogens (primary N) is 1. The molecule has 0 radical (unpaired) electrons. The molecule has 19 heavy (non-hydrogen) atoms. The zero-order valence-electron chi connectivity index (χ0n) is 10.8. The van der Waals surface area contributed by atoms with E-state index in [-0.39, 0.29) is 17.2 Å². The molecule has 0 aromatic heterocycles. The number of benzene rings is 1. The molecule has 3 N–H and O–H groups in total. The second-order valence-electron chi connectivity index (χ2n) is 4.29. The number of halogens is 1. The summed E-state index contributed by atoms with van der Waals surface area (Å²) in [5, 5.41) is 9.01. The lowest BCUT2D eigenvalue weighted by Gasteiger charge is -2.18. The first-order valence-corrected chi connectivity index (χ1v) is 7.83. The second-order valence-corrected chi connectivity index (χ2v) is 6.74. The molecule has 0 spiro atoms. The van der Waals surface area contributed by atoms with Crippen LogP contribution in [0.2, 0.25) is 5.02 Å². The van der Waals surface area contributed by atoms with Crippen LogP contribution in [0.15, 0.2) is 23.1 Å². The van der Waals surface area contributed by atoms with Gasteiger partial charge < -0.3 is 10.8 Å². The molecule has 0 aliphatic heterocycles. The van der Waals surface area contributed by atoms with Gasteiger partial charge in [-0.2, -0.15) is 0 Å². The molecule has 0 saturated carbocycles.